The number of methoxy groups -OCH3 is 1. The van der Waals surface area contributed by atoms with Gasteiger partial charge in [0, 0.05) is 18.7 Å². The van der Waals surface area contributed by atoms with Gasteiger partial charge in [0.25, 0.3) is 0 Å². The second kappa shape index (κ2) is 6.96. The van der Waals surface area contributed by atoms with Crippen molar-refractivity contribution in [3.05, 3.63) is 35.9 Å². The molecule has 2 rings (SSSR count). The lowest BCUT2D eigenvalue weighted by atomic mass is 10.2. The highest BCUT2D eigenvalue weighted by atomic mass is 32.2. The van der Waals surface area contributed by atoms with E-state index in [1.165, 1.54) is 6.08 Å². The quantitative estimate of drug-likeness (QED) is 0.774. The molecule has 0 bridgehead atoms. The molecule has 0 aromatic heterocycles. The van der Waals surface area contributed by atoms with Gasteiger partial charge < -0.3 is 9.64 Å². The molecule has 1 unspecified atom stereocenters. The smallest absolute Gasteiger partial charge is 0.246 e. The van der Waals surface area contributed by atoms with E-state index in [1.807, 2.05) is 31.2 Å². The maximum atomic E-state index is 12.3. The number of hydrogen-bond acceptors (Lipinski definition) is 4. The number of ether oxygens (including phenoxy) is 1. The zero-order chi connectivity index (χ0) is 16.2. The van der Waals surface area contributed by atoms with Crippen molar-refractivity contribution in [3.8, 4) is 5.75 Å². The third kappa shape index (κ3) is 4.10. The van der Waals surface area contributed by atoms with Crippen LogP contribution in [0.2, 0.25) is 0 Å². The zero-order valence-electron chi connectivity index (χ0n) is 12.9. The van der Waals surface area contributed by atoms with E-state index in [0.717, 1.165) is 11.3 Å². The molecule has 1 atom stereocenters. The summed E-state index contributed by atoms with van der Waals surface area (Å²) in [5.41, 5.74) is 0.893. The zero-order valence-corrected chi connectivity index (χ0v) is 13.7. The van der Waals surface area contributed by atoms with Gasteiger partial charge in [-0.2, -0.15) is 0 Å². The van der Waals surface area contributed by atoms with Crippen LogP contribution >= 0.6 is 0 Å². The van der Waals surface area contributed by atoms with Crippen molar-refractivity contribution in [3.63, 3.8) is 0 Å². The van der Waals surface area contributed by atoms with E-state index in [1.54, 1.807) is 18.1 Å². The third-order valence-corrected chi connectivity index (χ3v) is 5.56. The monoisotopic (exact) mass is 323 g/mol. The fourth-order valence-corrected chi connectivity index (χ4v) is 4.32. The number of benzene rings is 1. The molecular weight excluding hydrogens is 302 g/mol. The number of likely N-dealkylation sites (N-methyl/N-ethyl adjacent to an activating group) is 1. The average Bonchev–Trinajstić information content (AvgIpc) is 2.86. The Labute approximate surface area is 131 Å². The Morgan fingerprint density at radius 2 is 2.05 bits per heavy atom. The van der Waals surface area contributed by atoms with Crippen molar-refractivity contribution < 1.29 is 17.9 Å². The Balaban J connectivity index is 2.04. The van der Waals surface area contributed by atoms with Gasteiger partial charge in [-0.3, -0.25) is 4.79 Å². The summed E-state index contributed by atoms with van der Waals surface area (Å²) >= 11 is 0. The molecule has 22 heavy (non-hydrogen) atoms. The number of carbonyl (C=O) groups excluding carboxylic acids is 1. The van der Waals surface area contributed by atoms with Gasteiger partial charge in [0.2, 0.25) is 5.91 Å². The van der Waals surface area contributed by atoms with Gasteiger partial charge in [0.05, 0.1) is 18.6 Å². The second-order valence-corrected chi connectivity index (χ2v) is 7.52. The molecule has 1 aromatic rings. The van der Waals surface area contributed by atoms with Crippen molar-refractivity contribution >= 4 is 21.8 Å². The van der Waals surface area contributed by atoms with Crippen molar-refractivity contribution in [1.82, 2.24) is 4.90 Å². The van der Waals surface area contributed by atoms with Crippen LogP contribution in [0.1, 0.15) is 18.9 Å². The summed E-state index contributed by atoms with van der Waals surface area (Å²) in [6.45, 7) is 2.37. The summed E-state index contributed by atoms with van der Waals surface area (Å²) in [5.74, 6) is 0.849. The molecule has 1 aliphatic heterocycles. The standard InChI is InChI=1S/C16H21NO4S/c1-3-17(14-10-11-22(19,20)12-14)16(18)9-6-13-4-7-15(21-2)8-5-13/h4-9,14H,3,10-12H2,1-2H3/b9-6+. The third-order valence-electron chi connectivity index (χ3n) is 3.81. The molecule has 0 saturated carbocycles. The first-order valence-electron chi connectivity index (χ1n) is 7.28. The van der Waals surface area contributed by atoms with Crippen LogP contribution in [0.5, 0.6) is 5.75 Å². The predicted molar refractivity (Wildman–Crippen MR) is 86.5 cm³/mol. The van der Waals surface area contributed by atoms with E-state index in [9.17, 15) is 13.2 Å². The Kier molecular flexibility index (Phi) is 5.24. The summed E-state index contributed by atoms with van der Waals surface area (Å²) in [7, 11) is -1.39. The maximum Gasteiger partial charge on any atom is 0.246 e. The summed E-state index contributed by atoms with van der Waals surface area (Å²) in [4.78, 5) is 13.9. The van der Waals surface area contributed by atoms with Crippen LogP contribution in [0.15, 0.2) is 30.3 Å². The number of hydrogen-bond donors (Lipinski definition) is 0. The van der Waals surface area contributed by atoms with Gasteiger partial charge in [0.15, 0.2) is 9.84 Å². The van der Waals surface area contributed by atoms with Gasteiger partial charge in [0.1, 0.15) is 5.75 Å². The van der Waals surface area contributed by atoms with Gasteiger partial charge in [-0.15, -0.1) is 0 Å². The van der Waals surface area contributed by atoms with E-state index in [4.69, 9.17) is 4.74 Å². The van der Waals surface area contributed by atoms with Crippen LogP contribution in [-0.2, 0) is 14.6 Å². The molecule has 0 aliphatic carbocycles. The molecule has 6 heteroatoms. The predicted octanol–water partition coefficient (Wildman–Crippen LogP) is 1.74. The summed E-state index contributed by atoms with van der Waals surface area (Å²) in [6, 6.07) is 7.16. The number of amides is 1. The van der Waals surface area contributed by atoms with Gasteiger partial charge in [-0.05, 0) is 37.1 Å². The highest BCUT2D eigenvalue weighted by Gasteiger charge is 2.33. The number of rotatable bonds is 5. The van der Waals surface area contributed by atoms with E-state index < -0.39 is 9.84 Å². The SMILES string of the molecule is CCN(C(=O)/C=C/c1ccc(OC)cc1)C1CCS(=O)(=O)C1. The first kappa shape index (κ1) is 16.5. The fourth-order valence-electron chi connectivity index (χ4n) is 2.59. The maximum absolute atomic E-state index is 12.3. The first-order chi connectivity index (χ1) is 10.4. The molecule has 1 saturated heterocycles. The molecule has 1 fully saturated rings. The highest BCUT2D eigenvalue weighted by Crippen LogP contribution is 2.18. The van der Waals surface area contributed by atoms with E-state index >= 15 is 0 Å². The summed E-state index contributed by atoms with van der Waals surface area (Å²) < 4.78 is 28.2. The lowest BCUT2D eigenvalue weighted by Gasteiger charge is -2.25. The van der Waals surface area contributed by atoms with Gasteiger partial charge in [-0.25, -0.2) is 8.42 Å². The van der Waals surface area contributed by atoms with Crippen LogP contribution in [0, 0.1) is 0 Å². The van der Waals surface area contributed by atoms with Crippen LogP contribution in [0.3, 0.4) is 0 Å². The molecule has 0 spiro atoms. The topological polar surface area (TPSA) is 63.7 Å². The molecule has 120 valence electrons. The van der Waals surface area contributed by atoms with Crippen LogP contribution in [-0.4, -0.2) is 50.4 Å². The lowest BCUT2D eigenvalue weighted by molar-refractivity contribution is -0.127. The highest BCUT2D eigenvalue weighted by molar-refractivity contribution is 7.91. The number of nitrogens with zero attached hydrogens (tertiary/aromatic N) is 1. The first-order valence-corrected chi connectivity index (χ1v) is 9.10. The molecule has 1 heterocycles. The molecule has 0 radical (unpaired) electrons. The Hall–Kier alpha value is -1.82. The molecular formula is C16H21NO4S. The largest absolute Gasteiger partial charge is 0.497 e. The molecule has 1 aromatic carbocycles. The minimum Gasteiger partial charge on any atom is -0.497 e. The molecule has 1 amide bonds. The Morgan fingerprint density at radius 3 is 2.55 bits per heavy atom. The van der Waals surface area contributed by atoms with E-state index in [0.29, 0.717) is 13.0 Å². The minimum absolute atomic E-state index is 0.0724. The van der Waals surface area contributed by atoms with Gasteiger partial charge >= 0.3 is 0 Å². The fraction of sp³-hybridized carbons (Fsp3) is 0.438. The van der Waals surface area contributed by atoms with Crippen molar-refractivity contribution in [2.75, 3.05) is 25.2 Å². The van der Waals surface area contributed by atoms with Gasteiger partial charge in [-0.1, -0.05) is 12.1 Å². The molecule has 5 nitrogen and oxygen atoms in total. The van der Waals surface area contributed by atoms with Crippen molar-refractivity contribution in [2.45, 2.75) is 19.4 Å². The normalized spacial score (nSPS) is 20.2. The van der Waals surface area contributed by atoms with E-state index in [2.05, 4.69) is 0 Å². The molecule has 1 aliphatic rings. The van der Waals surface area contributed by atoms with Crippen LogP contribution in [0.25, 0.3) is 6.08 Å². The van der Waals surface area contributed by atoms with Crippen molar-refractivity contribution in [2.24, 2.45) is 0 Å². The van der Waals surface area contributed by atoms with Crippen LogP contribution in [0.4, 0.5) is 0 Å². The molecule has 0 N–H and O–H groups in total. The summed E-state index contributed by atoms with van der Waals surface area (Å²) in [5, 5.41) is 0. The average molecular weight is 323 g/mol. The van der Waals surface area contributed by atoms with E-state index in [-0.39, 0.29) is 23.5 Å². The van der Waals surface area contributed by atoms with Crippen molar-refractivity contribution in [1.29, 1.82) is 0 Å². The number of carbonyl (C=O) groups is 1. The summed E-state index contributed by atoms with van der Waals surface area (Å²) in [6.07, 6.45) is 3.75. The Bertz CT molecular complexity index is 649. The van der Waals surface area contributed by atoms with Crippen LogP contribution < -0.4 is 4.74 Å². The Morgan fingerprint density at radius 1 is 1.36 bits per heavy atom. The lowest BCUT2D eigenvalue weighted by Crippen LogP contribution is -2.40. The number of sulfone groups is 1. The minimum atomic E-state index is -2.99. The second-order valence-electron chi connectivity index (χ2n) is 5.29.